The fraction of sp³-hybridized carbons (Fsp3) is 0.625. The third-order valence-corrected chi connectivity index (χ3v) is 3.69. The SMILES string of the molecule is CCOc1ccccc1OCCN1CCC(C)CC1. The van der Waals surface area contributed by atoms with Crippen LogP contribution in [0.1, 0.15) is 26.7 Å². The molecule has 0 radical (unpaired) electrons. The molecule has 1 aliphatic heterocycles. The highest BCUT2D eigenvalue weighted by atomic mass is 16.5. The van der Waals surface area contributed by atoms with Crippen LogP contribution < -0.4 is 9.47 Å². The van der Waals surface area contributed by atoms with Gasteiger partial charge in [-0.15, -0.1) is 0 Å². The average molecular weight is 263 g/mol. The van der Waals surface area contributed by atoms with E-state index in [-0.39, 0.29) is 0 Å². The number of likely N-dealkylation sites (tertiary alicyclic amines) is 1. The van der Waals surface area contributed by atoms with E-state index in [1.54, 1.807) is 0 Å². The molecule has 0 spiro atoms. The molecule has 0 unspecified atom stereocenters. The lowest BCUT2D eigenvalue weighted by atomic mass is 9.99. The van der Waals surface area contributed by atoms with E-state index in [1.165, 1.54) is 25.9 Å². The van der Waals surface area contributed by atoms with Crippen LogP contribution in [0, 0.1) is 5.92 Å². The minimum atomic E-state index is 0.671. The number of ether oxygens (including phenoxy) is 2. The number of rotatable bonds is 6. The van der Waals surface area contributed by atoms with Crippen molar-refractivity contribution >= 4 is 0 Å². The van der Waals surface area contributed by atoms with E-state index in [1.807, 2.05) is 31.2 Å². The van der Waals surface area contributed by atoms with Crippen LogP contribution in [0.2, 0.25) is 0 Å². The molecule has 0 atom stereocenters. The molecule has 1 aromatic carbocycles. The quantitative estimate of drug-likeness (QED) is 0.786. The molecular formula is C16H25NO2. The van der Waals surface area contributed by atoms with Crippen LogP contribution in [0.15, 0.2) is 24.3 Å². The predicted molar refractivity (Wildman–Crippen MR) is 77.9 cm³/mol. The molecule has 0 amide bonds. The zero-order valence-corrected chi connectivity index (χ0v) is 12.1. The van der Waals surface area contributed by atoms with Crippen LogP contribution in [0.4, 0.5) is 0 Å². The van der Waals surface area contributed by atoms with Crippen LogP contribution >= 0.6 is 0 Å². The minimum Gasteiger partial charge on any atom is -0.490 e. The van der Waals surface area contributed by atoms with Gasteiger partial charge in [-0.3, -0.25) is 4.90 Å². The zero-order valence-electron chi connectivity index (χ0n) is 12.1. The molecule has 1 aliphatic rings. The van der Waals surface area contributed by atoms with E-state index in [4.69, 9.17) is 9.47 Å². The Morgan fingerprint density at radius 1 is 1.11 bits per heavy atom. The predicted octanol–water partition coefficient (Wildman–Crippen LogP) is 3.20. The Labute approximate surface area is 116 Å². The van der Waals surface area contributed by atoms with Crippen LogP contribution in [-0.2, 0) is 0 Å². The summed E-state index contributed by atoms with van der Waals surface area (Å²) in [5, 5.41) is 0. The van der Waals surface area contributed by atoms with Gasteiger partial charge in [0.2, 0.25) is 0 Å². The summed E-state index contributed by atoms with van der Waals surface area (Å²) >= 11 is 0. The van der Waals surface area contributed by atoms with Gasteiger partial charge in [0.05, 0.1) is 6.61 Å². The summed E-state index contributed by atoms with van der Waals surface area (Å²) in [4.78, 5) is 2.49. The Kier molecular flexibility index (Phi) is 5.52. The molecule has 0 saturated carbocycles. The van der Waals surface area contributed by atoms with E-state index >= 15 is 0 Å². The summed E-state index contributed by atoms with van der Waals surface area (Å²) in [5.74, 6) is 2.59. The van der Waals surface area contributed by atoms with Crippen molar-refractivity contribution in [2.24, 2.45) is 5.92 Å². The van der Waals surface area contributed by atoms with Crippen LogP contribution in [0.3, 0.4) is 0 Å². The topological polar surface area (TPSA) is 21.7 Å². The first kappa shape index (κ1) is 14.2. The number of hydrogen-bond acceptors (Lipinski definition) is 3. The van der Waals surface area contributed by atoms with Crippen molar-refractivity contribution in [3.63, 3.8) is 0 Å². The van der Waals surface area contributed by atoms with Gasteiger partial charge in [-0.1, -0.05) is 19.1 Å². The first-order valence-electron chi connectivity index (χ1n) is 7.36. The van der Waals surface area contributed by atoms with Crippen molar-refractivity contribution < 1.29 is 9.47 Å². The summed E-state index contributed by atoms with van der Waals surface area (Å²) < 4.78 is 11.4. The summed E-state index contributed by atoms with van der Waals surface area (Å²) in [6, 6.07) is 7.90. The molecule has 0 bridgehead atoms. The van der Waals surface area contributed by atoms with Gasteiger partial charge in [-0.2, -0.15) is 0 Å². The average Bonchev–Trinajstić information content (AvgIpc) is 2.43. The maximum atomic E-state index is 5.85. The molecule has 0 N–H and O–H groups in total. The number of nitrogens with zero attached hydrogens (tertiary/aromatic N) is 1. The summed E-state index contributed by atoms with van der Waals surface area (Å²) in [6.07, 6.45) is 2.63. The van der Waals surface area contributed by atoms with Crippen molar-refractivity contribution in [2.75, 3.05) is 32.8 Å². The lowest BCUT2D eigenvalue weighted by Crippen LogP contribution is -2.35. The number of piperidine rings is 1. The monoisotopic (exact) mass is 263 g/mol. The molecule has 1 saturated heterocycles. The fourth-order valence-corrected chi connectivity index (χ4v) is 2.41. The van der Waals surface area contributed by atoms with E-state index in [2.05, 4.69) is 11.8 Å². The Bertz CT molecular complexity index is 373. The van der Waals surface area contributed by atoms with Gasteiger partial charge in [0.1, 0.15) is 6.61 Å². The van der Waals surface area contributed by atoms with Gasteiger partial charge >= 0.3 is 0 Å². The van der Waals surface area contributed by atoms with Crippen molar-refractivity contribution in [3.05, 3.63) is 24.3 Å². The first-order valence-corrected chi connectivity index (χ1v) is 7.36. The van der Waals surface area contributed by atoms with E-state index in [9.17, 15) is 0 Å². The minimum absolute atomic E-state index is 0.671. The molecule has 1 heterocycles. The molecule has 2 rings (SSSR count). The van der Waals surface area contributed by atoms with Gasteiger partial charge in [0.15, 0.2) is 11.5 Å². The lowest BCUT2D eigenvalue weighted by Gasteiger charge is -2.30. The fourth-order valence-electron chi connectivity index (χ4n) is 2.41. The largest absolute Gasteiger partial charge is 0.490 e. The molecule has 3 nitrogen and oxygen atoms in total. The smallest absolute Gasteiger partial charge is 0.161 e. The second-order valence-electron chi connectivity index (χ2n) is 5.25. The molecule has 106 valence electrons. The third-order valence-electron chi connectivity index (χ3n) is 3.69. The van der Waals surface area contributed by atoms with Gasteiger partial charge in [0.25, 0.3) is 0 Å². The Balaban J connectivity index is 1.76. The molecule has 3 heteroatoms. The molecular weight excluding hydrogens is 238 g/mol. The van der Waals surface area contributed by atoms with Crippen molar-refractivity contribution in [1.82, 2.24) is 4.90 Å². The molecule has 19 heavy (non-hydrogen) atoms. The van der Waals surface area contributed by atoms with E-state index < -0.39 is 0 Å². The number of benzene rings is 1. The van der Waals surface area contributed by atoms with Crippen LogP contribution in [0.25, 0.3) is 0 Å². The highest BCUT2D eigenvalue weighted by Crippen LogP contribution is 2.26. The molecule has 0 aliphatic carbocycles. The van der Waals surface area contributed by atoms with Crippen LogP contribution in [0.5, 0.6) is 11.5 Å². The number of para-hydroxylation sites is 2. The normalized spacial score (nSPS) is 17.4. The highest BCUT2D eigenvalue weighted by molar-refractivity contribution is 5.39. The van der Waals surface area contributed by atoms with Gasteiger partial charge in [-0.25, -0.2) is 0 Å². The molecule has 0 aromatic heterocycles. The van der Waals surface area contributed by atoms with E-state index in [0.717, 1.165) is 30.6 Å². The highest BCUT2D eigenvalue weighted by Gasteiger charge is 2.15. The van der Waals surface area contributed by atoms with Crippen molar-refractivity contribution in [1.29, 1.82) is 0 Å². The zero-order chi connectivity index (χ0) is 13.5. The lowest BCUT2D eigenvalue weighted by molar-refractivity contribution is 0.158. The summed E-state index contributed by atoms with van der Waals surface area (Å²) in [5.41, 5.74) is 0. The summed E-state index contributed by atoms with van der Waals surface area (Å²) in [7, 11) is 0. The van der Waals surface area contributed by atoms with Crippen LogP contribution in [-0.4, -0.2) is 37.7 Å². The number of hydrogen-bond donors (Lipinski definition) is 0. The Hall–Kier alpha value is -1.22. The van der Waals surface area contributed by atoms with Gasteiger partial charge < -0.3 is 9.47 Å². The molecule has 1 aromatic rings. The third kappa shape index (κ3) is 4.43. The Morgan fingerprint density at radius 3 is 2.37 bits per heavy atom. The van der Waals surface area contributed by atoms with E-state index in [0.29, 0.717) is 6.61 Å². The molecule has 1 fully saturated rings. The second-order valence-corrected chi connectivity index (χ2v) is 5.25. The van der Waals surface area contributed by atoms with Gasteiger partial charge in [0, 0.05) is 6.54 Å². The summed E-state index contributed by atoms with van der Waals surface area (Å²) in [6.45, 7) is 9.16. The Morgan fingerprint density at radius 2 is 1.74 bits per heavy atom. The maximum absolute atomic E-state index is 5.85. The maximum Gasteiger partial charge on any atom is 0.161 e. The van der Waals surface area contributed by atoms with Gasteiger partial charge in [-0.05, 0) is 50.9 Å². The second kappa shape index (κ2) is 7.39. The standard InChI is InChI=1S/C16H25NO2/c1-3-18-15-6-4-5-7-16(15)19-13-12-17-10-8-14(2)9-11-17/h4-7,14H,3,8-13H2,1-2H3. The van der Waals surface area contributed by atoms with Crippen molar-refractivity contribution in [2.45, 2.75) is 26.7 Å². The first-order chi connectivity index (χ1) is 9.29. The van der Waals surface area contributed by atoms with Crippen molar-refractivity contribution in [3.8, 4) is 11.5 Å².